The zero-order valence-electron chi connectivity index (χ0n) is 12.2. The van der Waals surface area contributed by atoms with Gasteiger partial charge in [0.05, 0.1) is 4.90 Å². The van der Waals surface area contributed by atoms with Crippen LogP contribution in [0.25, 0.3) is 0 Å². The Balaban J connectivity index is 2.29. The summed E-state index contributed by atoms with van der Waals surface area (Å²) in [7, 11) is -3.42. The fraction of sp³-hybridized carbons (Fsp3) is 0.600. The van der Waals surface area contributed by atoms with E-state index in [0.717, 1.165) is 24.8 Å². The van der Waals surface area contributed by atoms with Gasteiger partial charge in [0.1, 0.15) is 0 Å². The van der Waals surface area contributed by atoms with E-state index in [0.29, 0.717) is 23.9 Å². The number of benzene rings is 1. The summed E-state index contributed by atoms with van der Waals surface area (Å²) in [5.41, 5.74) is 6.77. The molecule has 1 saturated heterocycles. The predicted molar refractivity (Wildman–Crippen MR) is 80.9 cm³/mol. The molecule has 112 valence electrons. The number of rotatable bonds is 4. The Morgan fingerprint density at radius 2 is 2.15 bits per heavy atom. The molecule has 0 aromatic heterocycles. The lowest BCUT2D eigenvalue weighted by atomic mass is 9.90. The average Bonchev–Trinajstić information content (AvgIpc) is 2.46. The third-order valence-electron chi connectivity index (χ3n) is 4.22. The number of piperidine rings is 1. The van der Waals surface area contributed by atoms with Gasteiger partial charge in [0, 0.05) is 19.1 Å². The van der Waals surface area contributed by atoms with Crippen LogP contribution < -0.4 is 5.73 Å². The SMILES string of the molecule is CCC1CCN(S(=O)(=O)c2cccc(C)c2)C(CN)C1. The van der Waals surface area contributed by atoms with Crippen LogP contribution in [0.2, 0.25) is 0 Å². The molecule has 1 aromatic rings. The molecule has 1 aromatic carbocycles. The molecule has 0 saturated carbocycles. The molecule has 1 aliphatic rings. The minimum Gasteiger partial charge on any atom is -0.329 e. The fourth-order valence-corrected chi connectivity index (χ4v) is 4.69. The monoisotopic (exact) mass is 296 g/mol. The van der Waals surface area contributed by atoms with Gasteiger partial charge in [-0.1, -0.05) is 25.5 Å². The van der Waals surface area contributed by atoms with Crippen LogP contribution in [0, 0.1) is 12.8 Å². The Hall–Kier alpha value is -0.910. The van der Waals surface area contributed by atoms with Gasteiger partial charge in [0.25, 0.3) is 0 Å². The minimum atomic E-state index is -3.42. The van der Waals surface area contributed by atoms with E-state index in [9.17, 15) is 8.42 Å². The zero-order chi connectivity index (χ0) is 14.8. The molecule has 20 heavy (non-hydrogen) atoms. The van der Waals surface area contributed by atoms with Crippen molar-refractivity contribution in [3.63, 3.8) is 0 Å². The maximum atomic E-state index is 12.8. The van der Waals surface area contributed by atoms with Gasteiger partial charge in [-0.15, -0.1) is 0 Å². The first-order valence-electron chi connectivity index (χ1n) is 7.27. The molecule has 2 atom stereocenters. The normalized spacial score (nSPS) is 24.8. The first-order valence-corrected chi connectivity index (χ1v) is 8.71. The number of hydrogen-bond donors (Lipinski definition) is 1. The standard InChI is InChI=1S/C15H24N2O2S/c1-3-13-7-8-17(14(10-13)11-16)20(18,19)15-6-4-5-12(2)9-15/h4-6,9,13-14H,3,7-8,10-11,16H2,1-2H3. The van der Waals surface area contributed by atoms with Crippen molar-refractivity contribution in [3.05, 3.63) is 29.8 Å². The van der Waals surface area contributed by atoms with Gasteiger partial charge >= 0.3 is 0 Å². The number of hydrogen-bond acceptors (Lipinski definition) is 3. The quantitative estimate of drug-likeness (QED) is 0.926. The molecule has 1 aliphatic heterocycles. The van der Waals surface area contributed by atoms with Crippen molar-refractivity contribution in [1.29, 1.82) is 0 Å². The summed E-state index contributed by atoms with van der Waals surface area (Å²) in [5, 5.41) is 0. The summed E-state index contributed by atoms with van der Waals surface area (Å²) >= 11 is 0. The van der Waals surface area contributed by atoms with Crippen LogP contribution in [0.15, 0.2) is 29.2 Å². The summed E-state index contributed by atoms with van der Waals surface area (Å²) in [5.74, 6) is 0.590. The molecule has 2 N–H and O–H groups in total. The van der Waals surface area contributed by atoms with Crippen molar-refractivity contribution in [2.24, 2.45) is 11.7 Å². The van der Waals surface area contributed by atoms with Crippen LogP contribution in [0.3, 0.4) is 0 Å². The van der Waals surface area contributed by atoms with E-state index < -0.39 is 10.0 Å². The fourth-order valence-electron chi connectivity index (χ4n) is 2.92. The predicted octanol–water partition coefficient (Wildman–Crippen LogP) is 2.13. The van der Waals surface area contributed by atoms with Crippen molar-refractivity contribution in [2.45, 2.75) is 44.0 Å². The van der Waals surface area contributed by atoms with E-state index in [1.54, 1.807) is 22.5 Å². The molecular formula is C15H24N2O2S. The summed E-state index contributed by atoms with van der Waals surface area (Å²) < 4.78 is 27.2. The van der Waals surface area contributed by atoms with Crippen molar-refractivity contribution >= 4 is 10.0 Å². The second kappa shape index (κ2) is 6.24. The van der Waals surface area contributed by atoms with Crippen LogP contribution in [0.5, 0.6) is 0 Å². The lowest BCUT2D eigenvalue weighted by Gasteiger charge is -2.37. The second-order valence-corrected chi connectivity index (χ2v) is 7.51. The number of nitrogens with two attached hydrogens (primary N) is 1. The molecule has 2 rings (SSSR count). The van der Waals surface area contributed by atoms with Crippen LogP contribution in [-0.2, 0) is 10.0 Å². The molecule has 0 bridgehead atoms. The molecule has 0 spiro atoms. The van der Waals surface area contributed by atoms with E-state index >= 15 is 0 Å². The third-order valence-corrected chi connectivity index (χ3v) is 6.16. The van der Waals surface area contributed by atoms with Gasteiger partial charge < -0.3 is 5.73 Å². The van der Waals surface area contributed by atoms with Gasteiger partial charge in [-0.2, -0.15) is 4.31 Å². The highest BCUT2D eigenvalue weighted by Crippen LogP contribution is 2.29. The lowest BCUT2D eigenvalue weighted by Crippen LogP contribution is -2.49. The van der Waals surface area contributed by atoms with Crippen molar-refractivity contribution < 1.29 is 8.42 Å². The van der Waals surface area contributed by atoms with Crippen molar-refractivity contribution in [3.8, 4) is 0 Å². The Labute approximate surface area is 122 Å². The molecule has 1 fully saturated rings. The van der Waals surface area contributed by atoms with Crippen molar-refractivity contribution in [2.75, 3.05) is 13.1 Å². The van der Waals surface area contributed by atoms with E-state index in [4.69, 9.17) is 5.73 Å². The molecule has 0 amide bonds. The second-order valence-electron chi connectivity index (χ2n) is 5.62. The number of aryl methyl sites for hydroxylation is 1. The molecule has 5 heteroatoms. The van der Waals surface area contributed by atoms with Gasteiger partial charge in [0.15, 0.2) is 0 Å². The molecule has 2 unspecified atom stereocenters. The Kier molecular flexibility index (Phi) is 4.83. The maximum absolute atomic E-state index is 12.8. The Morgan fingerprint density at radius 1 is 1.40 bits per heavy atom. The van der Waals surface area contributed by atoms with Gasteiger partial charge in [-0.25, -0.2) is 8.42 Å². The molecule has 4 nitrogen and oxygen atoms in total. The van der Waals surface area contributed by atoms with E-state index in [-0.39, 0.29) is 6.04 Å². The van der Waals surface area contributed by atoms with E-state index in [1.807, 2.05) is 13.0 Å². The first kappa shape index (κ1) is 15.5. The third kappa shape index (κ3) is 3.05. The average molecular weight is 296 g/mol. The molecule has 0 radical (unpaired) electrons. The van der Waals surface area contributed by atoms with Gasteiger partial charge in [0.2, 0.25) is 10.0 Å². The van der Waals surface area contributed by atoms with E-state index in [2.05, 4.69) is 6.92 Å². The summed E-state index contributed by atoms with van der Waals surface area (Å²) in [6, 6.07) is 7.02. The highest BCUT2D eigenvalue weighted by molar-refractivity contribution is 7.89. The summed E-state index contributed by atoms with van der Waals surface area (Å²) in [4.78, 5) is 0.380. The largest absolute Gasteiger partial charge is 0.329 e. The lowest BCUT2D eigenvalue weighted by molar-refractivity contribution is 0.197. The van der Waals surface area contributed by atoms with Crippen molar-refractivity contribution in [1.82, 2.24) is 4.31 Å². The zero-order valence-corrected chi connectivity index (χ0v) is 13.1. The number of sulfonamides is 1. The van der Waals surface area contributed by atoms with Crippen LogP contribution in [0.4, 0.5) is 0 Å². The highest BCUT2D eigenvalue weighted by atomic mass is 32.2. The minimum absolute atomic E-state index is 0.0702. The highest BCUT2D eigenvalue weighted by Gasteiger charge is 2.35. The molecule has 1 heterocycles. The molecular weight excluding hydrogens is 272 g/mol. The van der Waals surface area contributed by atoms with Crippen LogP contribution in [-0.4, -0.2) is 31.9 Å². The first-order chi connectivity index (χ1) is 9.48. The maximum Gasteiger partial charge on any atom is 0.243 e. The Morgan fingerprint density at radius 3 is 2.75 bits per heavy atom. The summed E-state index contributed by atoms with van der Waals surface area (Å²) in [6.45, 7) is 5.03. The van der Waals surface area contributed by atoms with Gasteiger partial charge in [-0.05, 0) is 43.4 Å². The molecule has 0 aliphatic carbocycles. The Bertz CT molecular complexity index is 557. The van der Waals surface area contributed by atoms with Crippen LogP contribution >= 0.6 is 0 Å². The number of nitrogens with zero attached hydrogens (tertiary/aromatic N) is 1. The smallest absolute Gasteiger partial charge is 0.243 e. The van der Waals surface area contributed by atoms with E-state index in [1.165, 1.54) is 0 Å². The topological polar surface area (TPSA) is 63.4 Å². The summed E-state index contributed by atoms with van der Waals surface area (Å²) in [6.07, 6.45) is 2.89. The van der Waals surface area contributed by atoms with Crippen LogP contribution in [0.1, 0.15) is 31.7 Å². The van der Waals surface area contributed by atoms with Gasteiger partial charge in [-0.3, -0.25) is 0 Å².